The normalized spacial score (nSPS) is 11.5. The van der Waals surface area contributed by atoms with Crippen molar-refractivity contribution >= 4 is 10.9 Å². The van der Waals surface area contributed by atoms with Crippen LogP contribution >= 0.6 is 0 Å². The van der Waals surface area contributed by atoms with E-state index in [1.54, 1.807) is 17.7 Å². The molecule has 0 aliphatic carbocycles. The number of rotatable bonds is 12. The summed E-state index contributed by atoms with van der Waals surface area (Å²) in [6, 6.07) is 13.5. The van der Waals surface area contributed by atoms with Crippen LogP contribution in [0, 0.1) is 0 Å². The Morgan fingerprint density at radius 2 is 1.68 bits per heavy atom. The molecule has 0 amide bonds. The number of nitrogens with zero attached hydrogens (tertiary/aromatic N) is 4. The van der Waals surface area contributed by atoms with Crippen molar-refractivity contribution in [1.82, 2.24) is 19.4 Å². The predicted octanol–water partition coefficient (Wildman–Crippen LogP) is 3.55. The number of aryl methyl sites for hydroxylation is 1. The molecular weight excluding hydrogens is 388 g/mol. The average molecular weight is 423 g/mol. The van der Waals surface area contributed by atoms with E-state index in [0.29, 0.717) is 6.61 Å². The summed E-state index contributed by atoms with van der Waals surface area (Å²) in [5, 5.41) is 1.01. The van der Waals surface area contributed by atoms with E-state index in [4.69, 9.17) is 4.74 Å². The quantitative estimate of drug-likeness (QED) is 0.418. The molecule has 6 heteroatoms. The van der Waals surface area contributed by atoms with Crippen molar-refractivity contribution in [1.29, 1.82) is 0 Å². The van der Waals surface area contributed by atoms with E-state index >= 15 is 0 Å². The van der Waals surface area contributed by atoms with Crippen molar-refractivity contribution in [2.75, 3.05) is 39.3 Å². The Balaban J connectivity index is 1.54. The molecule has 0 saturated carbocycles. The molecule has 3 rings (SSSR count). The Kier molecular flexibility index (Phi) is 8.62. The molecule has 0 aliphatic rings. The second kappa shape index (κ2) is 11.6. The van der Waals surface area contributed by atoms with Crippen molar-refractivity contribution in [3.63, 3.8) is 0 Å². The number of hydrogen-bond acceptors (Lipinski definition) is 5. The molecule has 31 heavy (non-hydrogen) atoms. The van der Waals surface area contributed by atoms with E-state index in [0.717, 1.165) is 62.3 Å². The zero-order valence-electron chi connectivity index (χ0n) is 19.0. The van der Waals surface area contributed by atoms with Crippen LogP contribution in [0.5, 0.6) is 5.75 Å². The van der Waals surface area contributed by atoms with E-state index < -0.39 is 0 Å². The smallest absolute Gasteiger partial charge is 0.250 e. The molecule has 2 heterocycles. The molecule has 0 N–H and O–H groups in total. The maximum absolute atomic E-state index is 11.8. The lowest BCUT2D eigenvalue weighted by Crippen LogP contribution is -2.35. The first-order chi connectivity index (χ1) is 15.1. The molecule has 0 atom stereocenters. The number of pyridine rings is 2. The van der Waals surface area contributed by atoms with Crippen molar-refractivity contribution in [2.24, 2.45) is 7.05 Å². The highest BCUT2D eigenvalue weighted by molar-refractivity contribution is 5.80. The molecule has 0 aliphatic heterocycles. The number of ether oxygens (including phenoxy) is 1. The Hall–Kier alpha value is -2.70. The van der Waals surface area contributed by atoms with Gasteiger partial charge in [-0.3, -0.25) is 14.7 Å². The van der Waals surface area contributed by atoms with Crippen molar-refractivity contribution in [3.05, 3.63) is 70.8 Å². The summed E-state index contributed by atoms with van der Waals surface area (Å²) in [7, 11) is 1.79. The van der Waals surface area contributed by atoms with Gasteiger partial charge in [-0.15, -0.1) is 0 Å². The van der Waals surface area contributed by atoms with E-state index in [-0.39, 0.29) is 5.56 Å². The van der Waals surface area contributed by atoms with Gasteiger partial charge in [0.15, 0.2) is 0 Å². The lowest BCUT2D eigenvalue weighted by molar-refractivity contribution is 0.193. The maximum atomic E-state index is 11.8. The molecule has 166 valence electrons. The summed E-state index contributed by atoms with van der Waals surface area (Å²) in [5.41, 5.74) is 2.20. The zero-order valence-corrected chi connectivity index (χ0v) is 19.0. The van der Waals surface area contributed by atoms with Gasteiger partial charge in [0.2, 0.25) is 0 Å². The zero-order chi connectivity index (χ0) is 22.1. The Labute approximate surface area is 185 Å². The lowest BCUT2D eigenvalue weighted by Gasteiger charge is -2.26. The highest BCUT2D eigenvalue weighted by Gasteiger charge is 2.09. The van der Waals surface area contributed by atoms with Crippen LogP contribution in [0.4, 0.5) is 0 Å². The largest absolute Gasteiger partial charge is 0.494 e. The van der Waals surface area contributed by atoms with Gasteiger partial charge in [0.05, 0.1) is 12.1 Å². The first-order valence-electron chi connectivity index (χ1n) is 11.2. The molecule has 0 radical (unpaired) electrons. The van der Waals surface area contributed by atoms with Gasteiger partial charge in [0.25, 0.3) is 5.56 Å². The highest BCUT2D eigenvalue weighted by Crippen LogP contribution is 2.19. The molecule has 3 aromatic rings. The lowest BCUT2D eigenvalue weighted by atomic mass is 10.2. The first-order valence-corrected chi connectivity index (χ1v) is 11.2. The standard InChI is InChI=1S/C25H34N4O2/c1-4-28(5-2)16-17-29(20-21-11-13-26-14-12-21)15-6-18-31-23-8-9-24-22(19-23)7-10-25(30)27(24)3/h7-14,19H,4-6,15-18,20H2,1-3H3. The van der Waals surface area contributed by atoms with Gasteiger partial charge >= 0.3 is 0 Å². The molecule has 0 saturated heterocycles. The number of hydrogen-bond donors (Lipinski definition) is 0. The van der Waals surface area contributed by atoms with Gasteiger partial charge in [-0.1, -0.05) is 13.8 Å². The number of benzene rings is 1. The molecule has 0 fully saturated rings. The van der Waals surface area contributed by atoms with Crippen LogP contribution < -0.4 is 10.3 Å². The van der Waals surface area contributed by atoms with Crippen LogP contribution in [0.25, 0.3) is 10.9 Å². The fourth-order valence-electron chi connectivity index (χ4n) is 3.77. The minimum Gasteiger partial charge on any atom is -0.494 e. The van der Waals surface area contributed by atoms with Crippen LogP contribution in [-0.4, -0.2) is 58.7 Å². The van der Waals surface area contributed by atoms with Crippen molar-refractivity contribution in [2.45, 2.75) is 26.8 Å². The topological polar surface area (TPSA) is 50.6 Å². The van der Waals surface area contributed by atoms with E-state index in [1.165, 1.54) is 5.56 Å². The molecule has 1 aromatic carbocycles. The molecule has 0 spiro atoms. The fraction of sp³-hybridized carbons (Fsp3) is 0.440. The summed E-state index contributed by atoms with van der Waals surface area (Å²) in [4.78, 5) is 20.9. The second-order valence-corrected chi connectivity index (χ2v) is 7.81. The van der Waals surface area contributed by atoms with Crippen LogP contribution in [-0.2, 0) is 13.6 Å². The molecule has 0 bridgehead atoms. The van der Waals surface area contributed by atoms with Crippen LogP contribution in [0.2, 0.25) is 0 Å². The first kappa shape index (κ1) is 23.0. The summed E-state index contributed by atoms with van der Waals surface area (Å²) < 4.78 is 7.68. The summed E-state index contributed by atoms with van der Waals surface area (Å²) >= 11 is 0. The number of aromatic nitrogens is 2. The number of fused-ring (bicyclic) bond motifs is 1. The fourth-order valence-corrected chi connectivity index (χ4v) is 3.77. The van der Waals surface area contributed by atoms with E-state index in [2.05, 4.69) is 40.8 Å². The van der Waals surface area contributed by atoms with Gasteiger partial charge < -0.3 is 14.2 Å². The van der Waals surface area contributed by atoms with E-state index in [1.807, 2.05) is 36.7 Å². The van der Waals surface area contributed by atoms with Crippen molar-refractivity contribution in [3.8, 4) is 5.75 Å². The minimum atomic E-state index is 0.000156. The third kappa shape index (κ3) is 6.64. The second-order valence-electron chi connectivity index (χ2n) is 7.81. The van der Waals surface area contributed by atoms with Gasteiger partial charge in [0, 0.05) is 57.1 Å². The van der Waals surface area contributed by atoms with Gasteiger partial charge in [-0.2, -0.15) is 0 Å². The van der Waals surface area contributed by atoms with Gasteiger partial charge in [-0.25, -0.2) is 0 Å². The minimum absolute atomic E-state index is 0.000156. The SMILES string of the molecule is CCN(CC)CCN(CCCOc1ccc2c(ccc(=O)n2C)c1)Cc1ccncc1. The Morgan fingerprint density at radius 3 is 2.42 bits per heavy atom. The number of likely N-dealkylation sites (N-methyl/N-ethyl adjacent to an activating group) is 1. The van der Waals surface area contributed by atoms with Gasteiger partial charge in [0.1, 0.15) is 5.75 Å². The molecule has 0 unspecified atom stereocenters. The van der Waals surface area contributed by atoms with E-state index in [9.17, 15) is 4.79 Å². The monoisotopic (exact) mass is 422 g/mol. The van der Waals surface area contributed by atoms with Crippen molar-refractivity contribution < 1.29 is 4.74 Å². The predicted molar refractivity (Wildman–Crippen MR) is 127 cm³/mol. The summed E-state index contributed by atoms with van der Waals surface area (Å²) in [6.45, 7) is 11.3. The summed E-state index contributed by atoms with van der Waals surface area (Å²) in [5.74, 6) is 0.843. The Morgan fingerprint density at radius 1 is 0.935 bits per heavy atom. The third-order valence-corrected chi connectivity index (χ3v) is 5.77. The summed E-state index contributed by atoms with van der Waals surface area (Å²) in [6.07, 6.45) is 4.67. The molecule has 6 nitrogen and oxygen atoms in total. The van der Waals surface area contributed by atoms with Crippen LogP contribution in [0.1, 0.15) is 25.8 Å². The average Bonchev–Trinajstić information content (AvgIpc) is 2.80. The molecular formula is C25H34N4O2. The Bertz CT molecular complexity index is 999. The molecule has 2 aromatic heterocycles. The van der Waals surface area contributed by atoms with Crippen LogP contribution in [0.15, 0.2) is 59.7 Å². The highest BCUT2D eigenvalue weighted by atomic mass is 16.5. The maximum Gasteiger partial charge on any atom is 0.250 e. The third-order valence-electron chi connectivity index (χ3n) is 5.77. The van der Waals surface area contributed by atoms with Gasteiger partial charge in [-0.05, 0) is 61.5 Å². The van der Waals surface area contributed by atoms with Crippen LogP contribution in [0.3, 0.4) is 0 Å².